The highest BCUT2D eigenvalue weighted by Crippen LogP contribution is 2.31. The average Bonchev–Trinajstić information content (AvgIpc) is 3.65. The molecular weight excluding hydrogens is 460 g/mol. The number of anilines is 2. The SMILES string of the molecule is COc1cc(C(=O)NCCCn2ccnc2)ccc1Nc1ncc2c(n1)n(C1CCCC1)c(=O)n2C. The van der Waals surface area contributed by atoms with Crippen LogP contribution in [0.5, 0.6) is 5.75 Å². The van der Waals surface area contributed by atoms with Crippen molar-refractivity contribution in [3.8, 4) is 5.75 Å². The third kappa shape index (κ3) is 4.68. The first kappa shape index (κ1) is 23.6. The Morgan fingerprint density at radius 2 is 2.08 bits per heavy atom. The molecule has 0 atom stereocenters. The fourth-order valence-corrected chi connectivity index (χ4v) is 4.73. The number of carbonyl (C=O) groups excluding carboxylic acids is 1. The molecule has 11 heteroatoms. The summed E-state index contributed by atoms with van der Waals surface area (Å²) in [5.41, 5.74) is 2.37. The van der Waals surface area contributed by atoms with Crippen LogP contribution in [-0.4, -0.2) is 48.2 Å². The lowest BCUT2D eigenvalue weighted by molar-refractivity contribution is 0.0952. The molecule has 2 N–H and O–H groups in total. The Morgan fingerprint density at radius 3 is 2.83 bits per heavy atom. The van der Waals surface area contributed by atoms with Crippen LogP contribution in [0.15, 0.2) is 47.9 Å². The summed E-state index contributed by atoms with van der Waals surface area (Å²) in [4.78, 5) is 38.6. The zero-order valence-electron chi connectivity index (χ0n) is 20.5. The van der Waals surface area contributed by atoms with Gasteiger partial charge in [0.2, 0.25) is 5.95 Å². The number of hydrogen-bond donors (Lipinski definition) is 2. The van der Waals surface area contributed by atoms with E-state index in [0.717, 1.165) is 38.6 Å². The molecule has 1 fully saturated rings. The van der Waals surface area contributed by atoms with E-state index < -0.39 is 0 Å². The van der Waals surface area contributed by atoms with Crippen LogP contribution in [0.3, 0.4) is 0 Å². The van der Waals surface area contributed by atoms with Crippen molar-refractivity contribution in [3.05, 3.63) is 59.2 Å². The highest BCUT2D eigenvalue weighted by atomic mass is 16.5. The second-order valence-electron chi connectivity index (χ2n) is 9.00. The minimum atomic E-state index is -0.173. The predicted molar refractivity (Wildman–Crippen MR) is 136 cm³/mol. The minimum Gasteiger partial charge on any atom is -0.495 e. The van der Waals surface area contributed by atoms with Gasteiger partial charge in [-0.15, -0.1) is 0 Å². The highest BCUT2D eigenvalue weighted by molar-refractivity contribution is 5.95. The number of rotatable bonds is 9. The topological polar surface area (TPSA) is 121 Å². The second kappa shape index (κ2) is 10.2. The molecule has 36 heavy (non-hydrogen) atoms. The van der Waals surface area contributed by atoms with E-state index in [-0.39, 0.29) is 17.6 Å². The van der Waals surface area contributed by atoms with Crippen molar-refractivity contribution >= 4 is 28.7 Å². The average molecular weight is 491 g/mol. The van der Waals surface area contributed by atoms with Crippen molar-refractivity contribution in [2.45, 2.75) is 44.7 Å². The number of carbonyl (C=O) groups is 1. The molecule has 11 nitrogen and oxygen atoms in total. The van der Waals surface area contributed by atoms with Crippen LogP contribution in [0.2, 0.25) is 0 Å². The van der Waals surface area contributed by atoms with E-state index >= 15 is 0 Å². The molecule has 0 spiro atoms. The van der Waals surface area contributed by atoms with Gasteiger partial charge in [0.25, 0.3) is 5.91 Å². The first-order valence-electron chi connectivity index (χ1n) is 12.2. The van der Waals surface area contributed by atoms with E-state index in [0.29, 0.717) is 40.7 Å². The Bertz CT molecular complexity index is 1420. The van der Waals surface area contributed by atoms with Crippen molar-refractivity contribution in [3.63, 3.8) is 0 Å². The molecule has 1 aliphatic carbocycles. The number of ether oxygens (including phenoxy) is 1. The van der Waals surface area contributed by atoms with Gasteiger partial charge >= 0.3 is 5.69 Å². The van der Waals surface area contributed by atoms with E-state index in [4.69, 9.17) is 4.74 Å². The summed E-state index contributed by atoms with van der Waals surface area (Å²) >= 11 is 0. The zero-order chi connectivity index (χ0) is 25.1. The second-order valence-corrected chi connectivity index (χ2v) is 9.00. The van der Waals surface area contributed by atoms with Crippen LogP contribution in [0.25, 0.3) is 11.2 Å². The van der Waals surface area contributed by atoms with Gasteiger partial charge in [-0.3, -0.25) is 13.9 Å². The number of nitrogens with zero attached hydrogens (tertiary/aromatic N) is 6. The van der Waals surface area contributed by atoms with Crippen molar-refractivity contribution in [2.75, 3.05) is 19.0 Å². The maximum Gasteiger partial charge on any atom is 0.330 e. The molecule has 1 saturated carbocycles. The molecule has 3 aromatic heterocycles. The predicted octanol–water partition coefficient (Wildman–Crippen LogP) is 3.01. The summed E-state index contributed by atoms with van der Waals surface area (Å²) in [6.45, 7) is 1.33. The largest absolute Gasteiger partial charge is 0.495 e. The van der Waals surface area contributed by atoms with Crippen LogP contribution >= 0.6 is 0 Å². The summed E-state index contributed by atoms with van der Waals surface area (Å²) in [6.07, 6.45) is 12.0. The number of hydrogen-bond acceptors (Lipinski definition) is 7. The van der Waals surface area contributed by atoms with Crippen molar-refractivity contribution in [2.24, 2.45) is 7.05 Å². The fourth-order valence-electron chi connectivity index (χ4n) is 4.73. The Morgan fingerprint density at radius 1 is 1.25 bits per heavy atom. The van der Waals surface area contributed by atoms with Gasteiger partial charge in [0.05, 0.1) is 25.3 Å². The lowest BCUT2D eigenvalue weighted by Gasteiger charge is -2.13. The number of aromatic nitrogens is 6. The molecule has 1 aromatic carbocycles. The number of imidazole rings is 2. The molecule has 188 valence electrons. The summed E-state index contributed by atoms with van der Waals surface area (Å²) in [6, 6.07) is 5.34. The fraction of sp³-hybridized carbons (Fsp3) is 0.400. The van der Waals surface area contributed by atoms with E-state index in [1.165, 1.54) is 0 Å². The molecule has 0 radical (unpaired) electrons. The van der Waals surface area contributed by atoms with Gasteiger partial charge in [-0.2, -0.15) is 4.98 Å². The van der Waals surface area contributed by atoms with Gasteiger partial charge in [-0.25, -0.2) is 14.8 Å². The van der Waals surface area contributed by atoms with Crippen LogP contribution in [0.1, 0.15) is 48.5 Å². The number of nitrogens with one attached hydrogen (secondary N) is 2. The summed E-state index contributed by atoms with van der Waals surface area (Å²) in [5, 5.41) is 6.12. The third-order valence-corrected chi connectivity index (χ3v) is 6.67. The summed E-state index contributed by atoms with van der Waals surface area (Å²) in [7, 11) is 3.30. The maximum atomic E-state index is 12.9. The van der Waals surface area contributed by atoms with E-state index in [9.17, 15) is 9.59 Å². The van der Waals surface area contributed by atoms with E-state index in [2.05, 4.69) is 25.6 Å². The van der Waals surface area contributed by atoms with E-state index in [1.54, 1.807) is 60.2 Å². The smallest absolute Gasteiger partial charge is 0.330 e. The lowest BCUT2D eigenvalue weighted by Crippen LogP contribution is -2.25. The molecule has 1 aliphatic rings. The van der Waals surface area contributed by atoms with E-state index in [1.807, 2.05) is 10.8 Å². The molecule has 1 amide bonds. The first-order valence-corrected chi connectivity index (χ1v) is 12.2. The standard InChI is InChI=1S/C25H30N8O3/c1-31-20-15-28-24(30-22(20)33(25(31)35)18-6-3-4-7-18)29-19-9-8-17(14-21(19)36-2)23(34)27-10-5-12-32-13-11-26-16-32/h8-9,11,13-16,18H,3-7,10,12H2,1-2H3,(H,27,34)(H,28,29,30). The quantitative estimate of drug-likeness (QED) is 0.346. The van der Waals surface area contributed by atoms with Crippen molar-refractivity contribution in [1.29, 1.82) is 0 Å². The molecular formula is C25H30N8O3. The van der Waals surface area contributed by atoms with Gasteiger partial charge in [0.1, 0.15) is 11.3 Å². The normalized spacial score (nSPS) is 13.8. The number of amides is 1. The van der Waals surface area contributed by atoms with Gasteiger partial charge in [-0.05, 0) is 37.5 Å². The Labute approximate surface area is 208 Å². The molecule has 3 heterocycles. The number of methoxy groups -OCH3 is 1. The minimum absolute atomic E-state index is 0.0682. The monoisotopic (exact) mass is 490 g/mol. The van der Waals surface area contributed by atoms with Crippen LogP contribution in [-0.2, 0) is 13.6 Å². The van der Waals surface area contributed by atoms with Crippen molar-refractivity contribution < 1.29 is 9.53 Å². The number of aryl methyl sites for hydroxylation is 2. The van der Waals surface area contributed by atoms with Gasteiger partial charge in [-0.1, -0.05) is 12.8 Å². The number of fused-ring (bicyclic) bond motifs is 1. The zero-order valence-corrected chi connectivity index (χ0v) is 20.5. The van der Waals surface area contributed by atoms with Crippen LogP contribution in [0.4, 0.5) is 11.6 Å². The molecule has 4 aromatic rings. The Balaban J connectivity index is 1.31. The molecule has 0 aliphatic heterocycles. The van der Waals surface area contributed by atoms with Crippen LogP contribution < -0.4 is 21.1 Å². The van der Waals surface area contributed by atoms with Crippen molar-refractivity contribution in [1.82, 2.24) is 34.0 Å². The molecule has 5 rings (SSSR count). The number of benzene rings is 1. The van der Waals surface area contributed by atoms with Gasteiger partial charge < -0.3 is 19.9 Å². The molecule has 0 unspecified atom stereocenters. The Hall–Kier alpha value is -4.15. The molecule has 0 saturated heterocycles. The summed E-state index contributed by atoms with van der Waals surface area (Å²) < 4.78 is 10.9. The first-order chi connectivity index (χ1) is 17.5. The Kier molecular flexibility index (Phi) is 6.70. The summed E-state index contributed by atoms with van der Waals surface area (Å²) in [5.74, 6) is 0.675. The highest BCUT2D eigenvalue weighted by Gasteiger charge is 2.24. The lowest BCUT2D eigenvalue weighted by atomic mass is 10.1. The third-order valence-electron chi connectivity index (χ3n) is 6.67. The van der Waals surface area contributed by atoms with Crippen LogP contribution in [0, 0.1) is 0 Å². The molecule has 0 bridgehead atoms. The van der Waals surface area contributed by atoms with Gasteiger partial charge in [0.15, 0.2) is 5.65 Å². The maximum absolute atomic E-state index is 12.9. The van der Waals surface area contributed by atoms with Gasteiger partial charge in [0, 0.05) is 44.1 Å².